The Morgan fingerprint density at radius 1 is 0.952 bits per heavy atom. The Bertz CT molecular complexity index is 516. The van der Waals surface area contributed by atoms with Gasteiger partial charge in [0, 0.05) is 0 Å². The average molecular weight is 289 g/mol. The molecule has 0 N–H and O–H groups in total. The van der Waals surface area contributed by atoms with E-state index in [-0.39, 0.29) is 5.41 Å². The molecule has 2 rings (SSSR count). The zero-order chi connectivity index (χ0) is 15.1. The summed E-state index contributed by atoms with van der Waals surface area (Å²) in [7, 11) is 0. The van der Waals surface area contributed by atoms with Crippen LogP contribution in [0.15, 0.2) is 15.0 Å². The summed E-state index contributed by atoms with van der Waals surface area (Å²) in [5.41, 5.74) is 0.145. The molecule has 2 saturated carbocycles. The third-order valence-corrected chi connectivity index (χ3v) is 5.23. The van der Waals surface area contributed by atoms with Crippen LogP contribution in [-0.2, 0) is 14.4 Å². The fourth-order valence-electron chi connectivity index (χ4n) is 4.43. The van der Waals surface area contributed by atoms with E-state index in [1.165, 1.54) is 0 Å². The molecule has 2 bridgehead atoms. The molecule has 0 aromatic rings. The van der Waals surface area contributed by atoms with E-state index in [1.807, 2.05) is 0 Å². The zero-order valence-corrected chi connectivity index (χ0v) is 12.0. The molecule has 2 fully saturated rings. The van der Waals surface area contributed by atoms with Gasteiger partial charge >= 0.3 is 0 Å². The van der Waals surface area contributed by atoms with E-state index in [0.29, 0.717) is 37.4 Å². The van der Waals surface area contributed by atoms with Crippen LogP contribution in [-0.4, -0.2) is 37.9 Å². The number of aliphatic imine (C=N–C) groups is 3. The second-order valence-electron chi connectivity index (χ2n) is 6.16. The van der Waals surface area contributed by atoms with Gasteiger partial charge in [0.2, 0.25) is 18.2 Å². The number of hydrogen-bond acceptors (Lipinski definition) is 6. The van der Waals surface area contributed by atoms with Crippen molar-refractivity contribution in [3.05, 3.63) is 0 Å². The molecule has 0 aromatic carbocycles. The molecular weight excluding hydrogens is 270 g/mol. The van der Waals surface area contributed by atoms with Gasteiger partial charge in [-0.25, -0.2) is 29.4 Å². The average Bonchev–Trinajstić information content (AvgIpc) is 3.02. The molecular formula is C15H19N3O3. The van der Waals surface area contributed by atoms with E-state index < -0.39 is 0 Å². The minimum atomic E-state index is 0.145. The van der Waals surface area contributed by atoms with Crippen LogP contribution in [0, 0.1) is 23.2 Å². The van der Waals surface area contributed by atoms with E-state index >= 15 is 0 Å². The lowest BCUT2D eigenvalue weighted by atomic mass is 9.69. The Morgan fingerprint density at radius 3 is 2.38 bits per heavy atom. The first-order chi connectivity index (χ1) is 10.3. The van der Waals surface area contributed by atoms with E-state index in [0.717, 1.165) is 32.1 Å². The van der Waals surface area contributed by atoms with Crippen molar-refractivity contribution in [1.82, 2.24) is 0 Å². The Balaban J connectivity index is 2.04. The van der Waals surface area contributed by atoms with Crippen molar-refractivity contribution >= 4 is 18.2 Å². The van der Waals surface area contributed by atoms with Gasteiger partial charge in [0.25, 0.3) is 0 Å². The van der Waals surface area contributed by atoms with Crippen molar-refractivity contribution in [3.8, 4) is 0 Å². The maximum Gasteiger partial charge on any atom is 0.234 e. The van der Waals surface area contributed by atoms with E-state index in [2.05, 4.69) is 15.0 Å². The van der Waals surface area contributed by atoms with Crippen molar-refractivity contribution in [2.24, 2.45) is 38.1 Å². The second-order valence-corrected chi connectivity index (χ2v) is 6.16. The highest BCUT2D eigenvalue weighted by Crippen LogP contribution is 2.62. The molecule has 21 heavy (non-hydrogen) atoms. The van der Waals surface area contributed by atoms with Gasteiger partial charge in [-0.2, -0.15) is 0 Å². The van der Waals surface area contributed by atoms with Gasteiger partial charge in [0.15, 0.2) is 0 Å². The predicted molar refractivity (Wildman–Crippen MR) is 75.0 cm³/mol. The second kappa shape index (κ2) is 7.24. The number of nitrogens with zero attached hydrogens (tertiary/aromatic N) is 3. The van der Waals surface area contributed by atoms with Gasteiger partial charge in [-0.3, -0.25) is 0 Å². The molecule has 4 atom stereocenters. The molecule has 0 aliphatic heterocycles. The van der Waals surface area contributed by atoms with Crippen LogP contribution in [0.3, 0.4) is 0 Å². The number of fused-ring (bicyclic) bond motifs is 2. The summed E-state index contributed by atoms with van der Waals surface area (Å²) in [5.74, 6) is 1.36. The van der Waals surface area contributed by atoms with Crippen LogP contribution < -0.4 is 0 Å². The minimum Gasteiger partial charge on any atom is -0.211 e. The largest absolute Gasteiger partial charge is 0.234 e. The minimum absolute atomic E-state index is 0.145. The normalized spacial score (nSPS) is 32.9. The number of isocyanates is 3. The third-order valence-electron chi connectivity index (χ3n) is 5.23. The van der Waals surface area contributed by atoms with Crippen molar-refractivity contribution < 1.29 is 14.4 Å². The first-order valence-electron chi connectivity index (χ1n) is 7.36. The summed E-state index contributed by atoms with van der Waals surface area (Å²) >= 11 is 0. The molecule has 0 radical (unpaired) electrons. The van der Waals surface area contributed by atoms with Gasteiger partial charge in [-0.1, -0.05) is 0 Å². The molecule has 6 nitrogen and oxygen atoms in total. The Hall–Kier alpha value is -1.86. The molecule has 2 aliphatic rings. The number of carbonyl (C=O) groups excluding carboxylic acids is 3. The molecule has 2 aliphatic carbocycles. The molecule has 6 heteroatoms. The monoisotopic (exact) mass is 289 g/mol. The topological polar surface area (TPSA) is 88.3 Å². The summed E-state index contributed by atoms with van der Waals surface area (Å²) in [6.45, 7) is 1.57. The maximum atomic E-state index is 10.4. The van der Waals surface area contributed by atoms with Gasteiger partial charge in [-0.15, -0.1) is 0 Å². The molecule has 0 aromatic heterocycles. The van der Waals surface area contributed by atoms with E-state index in [1.54, 1.807) is 18.2 Å². The summed E-state index contributed by atoms with van der Waals surface area (Å²) < 4.78 is 0. The molecule has 0 spiro atoms. The standard InChI is InChI=1S/C15H19N3O3/c19-9-16-3-1-2-15-5-12(4-14(15)8-18-11-21)13(6-15)7-17-10-20/h12-14H,1-8H2. The van der Waals surface area contributed by atoms with Crippen LogP contribution >= 0.6 is 0 Å². The summed E-state index contributed by atoms with van der Waals surface area (Å²) in [4.78, 5) is 41.9. The maximum absolute atomic E-state index is 10.4. The lowest BCUT2D eigenvalue weighted by Crippen LogP contribution is -2.31. The number of rotatable bonds is 8. The summed E-state index contributed by atoms with van der Waals surface area (Å²) in [6.07, 6.45) is 9.75. The Labute approximate surface area is 123 Å². The fraction of sp³-hybridized carbons (Fsp3) is 0.800. The first kappa shape index (κ1) is 15.5. The van der Waals surface area contributed by atoms with Gasteiger partial charge in [0.1, 0.15) is 0 Å². The van der Waals surface area contributed by atoms with Crippen molar-refractivity contribution in [3.63, 3.8) is 0 Å². The van der Waals surface area contributed by atoms with Crippen LogP contribution in [0.4, 0.5) is 0 Å². The molecule has 0 amide bonds. The zero-order valence-electron chi connectivity index (χ0n) is 12.0. The van der Waals surface area contributed by atoms with Crippen molar-refractivity contribution in [2.45, 2.75) is 32.1 Å². The predicted octanol–water partition coefficient (Wildman–Crippen LogP) is 1.81. The first-order valence-corrected chi connectivity index (χ1v) is 7.36. The Morgan fingerprint density at radius 2 is 1.67 bits per heavy atom. The highest BCUT2D eigenvalue weighted by atomic mass is 16.1. The van der Waals surface area contributed by atoms with Crippen LogP contribution in [0.2, 0.25) is 0 Å². The van der Waals surface area contributed by atoms with Crippen LogP contribution in [0.25, 0.3) is 0 Å². The molecule has 4 unspecified atom stereocenters. The van der Waals surface area contributed by atoms with Gasteiger partial charge in [0.05, 0.1) is 19.6 Å². The highest BCUT2D eigenvalue weighted by molar-refractivity contribution is 5.33. The highest BCUT2D eigenvalue weighted by Gasteiger charge is 2.55. The van der Waals surface area contributed by atoms with Crippen LogP contribution in [0.5, 0.6) is 0 Å². The quantitative estimate of drug-likeness (QED) is 0.388. The summed E-state index contributed by atoms with van der Waals surface area (Å²) in [6, 6.07) is 0. The lowest BCUT2D eigenvalue weighted by Gasteiger charge is -2.36. The third kappa shape index (κ3) is 3.43. The van der Waals surface area contributed by atoms with Gasteiger partial charge in [-0.05, 0) is 55.3 Å². The molecule has 0 heterocycles. The molecule has 112 valence electrons. The van der Waals surface area contributed by atoms with Crippen LogP contribution in [0.1, 0.15) is 32.1 Å². The van der Waals surface area contributed by atoms with E-state index in [4.69, 9.17) is 0 Å². The van der Waals surface area contributed by atoms with E-state index in [9.17, 15) is 14.4 Å². The number of hydrogen-bond donors (Lipinski definition) is 0. The Kier molecular flexibility index (Phi) is 5.35. The molecule has 0 saturated heterocycles. The summed E-state index contributed by atoms with van der Waals surface area (Å²) in [5, 5.41) is 0. The van der Waals surface area contributed by atoms with Gasteiger partial charge < -0.3 is 0 Å². The SMILES string of the molecule is O=C=NCCCC12CC(CN=C=O)C(CC1CN=C=O)C2. The van der Waals surface area contributed by atoms with Crippen molar-refractivity contribution in [1.29, 1.82) is 0 Å². The smallest absolute Gasteiger partial charge is 0.211 e. The lowest BCUT2D eigenvalue weighted by molar-refractivity contribution is 0.144. The fourth-order valence-corrected chi connectivity index (χ4v) is 4.43. The van der Waals surface area contributed by atoms with Crippen molar-refractivity contribution in [2.75, 3.05) is 19.6 Å².